The standard InChI is InChI=1S/C15H21N5O/c1-11(6-5-9-21)17-13-10-14(20-16)19-15(18-13)12-7-3-2-4-8-12/h2-4,7-8,10-11,21H,5-6,9,16H2,1H3,(H2,17,18,19,20). The maximum absolute atomic E-state index is 8.88. The van der Waals surface area contributed by atoms with Crippen molar-refractivity contribution in [1.82, 2.24) is 9.97 Å². The summed E-state index contributed by atoms with van der Waals surface area (Å²) in [6.45, 7) is 2.25. The topological polar surface area (TPSA) is 96.1 Å². The molecule has 112 valence electrons. The number of nitrogens with one attached hydrogen (secondary N) is 2. The van der Waals surface area contributed by atoms with Crippen LogP contribution in [0.3, 0.4) is 0 Å². The molecule has 0 saturated carbocycles. The summed E-state index contributed by atoms with van der Waals surface area (Å²) in [4.78, 5) is 8.88. The van der Waals surface area contributed by atoms with Gasteiger partial charge in [-0.1, -0.05) is 30.3 Å². The molecule has 21 heavy (non-hydrogen) atoms. The Morgan fingerprint density at radius 1 is 1.19 bits per heavy atom. The molecule has 0 aliphatic carbocycles. The van der Waals surface area contributed by atoms with Crippen LogP contribution in [0.1, 0.15) is 19.8 Å². The number of nitrogens with zero attached hydrogens (tertiary/aromatic N) is 2. The predicted octanol–water partition coefficient (Wildman–Crippen LogP) is 2.00. The van der Waals surface area contributed by atoms with Crippen LogP contribution in [0, 0.1) is 0 Å². The predicted molar refractivity (Wildman–Crippen MR) is 84.7 cm³/mol. The average molecular weight is 287 g/mol. The molecule has 1 unspecified atom stereocenters. The first-order chi connectivity index (χ1) is 10.2. The van der Waals surface area contributed by atoms with Crippen molar-refractivity contribution >= 4 is 11.6 Å². The van der Waals surface area contributed by atoms with Crippen molar-refractivity contribution in [2.24, 2.45) is 5.84 Å². The quantitative estimate of drug-likeness (QED) is 0.459. The van der Waals surface area contributed by atoms with Gasteiger partial charge >= 0.3 is 0 Å². The van der Waals surface area contributed by atoms with E-state index in [9.17, 15) is 0 Å². The number of hydrogen-bond acceptors (Lipinski definition) is 6. The molecule has 6 heteroatoms. The zero-order valence-electron chi connectivity index (χ0n) is 12.1. The van der Waals surface area contributed by atoms with Gasteiger partial charge < -0.3 is 15.8 Å². The SMILES string of the molecule is CC(CCCO)Nc1cc(NN)nc(-c2ccccc2)n1. The van der Waals surface area contributed by atoms with Gasteiger partial charge in [-0.05, 0) is 19.8 Å². The van der Waals surface area contributed by atoms with Crippen molar-refractivity contribution in [2.75, 3.05) is 17.3 Å². The molecule has 0 radical (unpaired) electrons. The normalized spacial score (nSPS) is 12.0. The largest absolute Gasteiger partial charge is 0.396 e. The van der Waals surface area contributed by atoms with Crippen molar-refractivity contribution in [3.63, 3.8) is 0 Å². The molecule has 1 heterocycles. The Hall–Kier alpha value is -2.18. The van der Waals surface area contributed by atoms with E-state index in [2.05, 4.69) is 27.6 Å². The molecular weight excluding hydrogens is 266 g/mol. The van der Waals surface area contributed by atoms with Gasteiger partial charge in [0.2, 0.25) is 0 Å². The van der Waals surface area contributed by atoms with Crippen LogP contribution in [-0.2, 0) is 0 Å². The van der Waals surface area contributed by atoms with Crippen molar-refractivity contribution in [3.8, 4) is 11.4 Å². The molecule has 0 bridgehead atoms. The summed E-state index contributed by atoms with van der Waals surface area (Å²) in [6, 6.07) is 11.7. The van der Waals surface area contributed by atoms with Crippen LogP contribution in [0.4, 0.5) is 11.6 Å². The lowest BCUT2D eigenvalue weighted by Crippen LogP contribution is -2.18. The second kappa shape index (κ2) is 7.56. The molecular formula is C15H21N5O. The molecule has 1 aromatic heterocycles. The number of aliphatic hydroxyl groups excluding tert-OH is 1. The van der Waals surface area contributed by atoms with E-state index in [1.807, 2.05) is 30.3 Å². The van der Waals surface area contributed by atoms with E-state index in [1.165, 1.54) is 0 Å². The molecule has 1 aromatic carbocycles. The smallest absolute Gasteiger partial charge is 0.163 e. The number of aliphatic hydroxyl groups is 1. The second-order valence-electron chi connectivity index (χ2n) is 4.88. The molecule has 0 aliphatic heterocycles. The molecule has 0 amide bonds. The third-order valence-electron chi connectivity index (χ3n) is 3.10. The van der Waals surface area contributed by atoms with E-state index in [0.29, 0.717) is 17.5 Å². The lowest BCUT2D eigenvalue weighted by Gasteiger charge is -2.15. The van der Waals surface area contributed by atoms with Crippen LogP contribution < -0.4 is 16.6 Å². The van der Waals surface area contributed by atoms with Gasteiger partial charge in [-0.3, -0.25) is 0 Å². The van der Waals surface area contributed by atoms with Gasteiger partial charge in [0, 0.05) is 24.3 Å². The van der Waals surface area contributed by atoms with Gasteiger partial charge in [0.05, 0.1) is 0 Å². The van der Waals surface area contributed by atoms with E-state index in [4.69, 9.17) is 10.9 Å². The first-order valence-corrected chi connectivity index (χ1v) is 7.01. The van der Waals surface area contributed by atoms with E-state index >= 15 is 0 Å². The van der Waals surface area contributed by atoms with E-state index in [-0.39, 0.29) is 12.6 Å². The summed E-state index contributed by atoms with van der Waals surface area (Å²) in [5, 5.41) is 12.2. The van der Waals surface area contributed by atoms with Crippen LogP contribution in [0.25, 0.3) is 11.4 Å². The number of nitrogens with two attached hydrogens (primary N) is 1. The Labute approximate surface area is 124 Å². The van der Waals surface area contributed by atoms with E-state index in [0.717, 1.165) is 18.4 Å². The highest BCUT2D eigenvalue weighted by Gasteiger charge is 2.08. The van der Waals surface area contributed by atoms with Gasteiger partial charge in [-0.2, -0.15) is 0 Å². The summed E-state index contributed by atoms with van der Waals surface area (Å²) in [6.07, 6.45) is 1.62. The van der Waals surface area contributed by atoms with Gasteiger partial charge in [0.25, 0.3) is 0 Å². The highest BCUT2D eigenvalue weighted by Crippen LogP contribution is 2.20. The Morgan fingerprint density at radius 2 is 1.90 bits per heavy atom. The minimum Gasteiger partial charge on any atom is -0.396 e. The number of nitrogen functional groups attached to an aromatic ring is 1. The van der Waals surface area contributed by atoms with Crippen LogP contribution in [0.5, 0.6) is 0 Å². The third-order valence-corrected chi connectivity index (χ3v) is 3.10. The highest BCUT2D eigenvalue weighted by atomic mass is 16.2. The number of hydrogen-bond donors (Lipinski definition) is 4. The number of benzene rings is 1. The maximum atomic E-state index is 8.88. The average Bonchev–Trinajstić information content (AvgIpc) is 2.53. The van der Waals surface area contributed by atoms with Crippen molar-refractivity contribution in [1.29, 1.82) is 0 Å². The molecule has 0 fully saturated rings. The zero-order chi connectivity index (χ0) is 15.1. The summed E-state index contributed by atoms with van der Waals surface area (Å²) in [5.41, 5.74) is 3.49. The first-order valence-electron chi connectivity index (χ1n) is 7.01. The fraction of sp³-hybridized carbons (Fsp3) is 0.333. The van der Waals surface area contributed by atoms with Crippen LogP contribution in [0.15, 0.2) is 36.4 Å². The van der Waals surface area contributed by atoms with Crippen LogP contribution in [0.2, 0.25) is 0 Å². The Kier molecular flexibility index (Phi) is 5.48. The highest BCUT2D eigenvalue weighted by molar-refractivity contribution is 5.61. The Balaban J connectivity index is 2.22. The van der Waals surface area contributed by atoms with Crippen molar-refractivity contribution in [2.45, 2.75) is 25.8 Å². The minimum atomic E-state index is 0.195. The van der Waals surface area contributed by atoms with Gasteiger partial charge in [0.15, 0.2) is 5.82 Å². The number of anilines is 2. The third kappa shape index (κ3) is 4.40. The van der Waals surface area contributed by atoms with E-state index in [1.54, 1.807) is 6.07 Å². The fourth-order valence-corrected chi connectivity index (χ4v) is 2.03. The fourth-order valence-electron chi connectivity index (χ4n) is 2.03. The summed E-state index contributed by atoms with van der Waals surface area (Å²) < 4.78 is 0. The minimum absolute atomic E-state index is 0.195. The Morgan fingerprint density at radius 3 is 2.57 bits per heavy atom. The molecule has 2 rings (SSSR count). The molecule has 2 aromatic rings. The van der Waals surface area contributed by atoms with Gasteiger partial charge in [0.1, 0.15) is 11.6 Å². The molecule has 6 nitrogen and oxygen atoms in total. The maximum Gasteiger partial charge on any atom is 0.163 e. The lowest BCUT2D eigenvalue weighted by atomic mass is 10.2. The van der Waals surface area contributed by atoms with E-state index < -0.39 is 0 Å². The van der Waals surface area contributed by atoms with Crippen molar-refractivity contribution in [3.05, 3.63) is 36.4 Å². The summed E-state index contributed by atoms with van der Waals surface area (Å²) in [7, 11) is 0. The number of hydrazine groups is 1. The van der Waals surface area contributed by atoms with Crippen molar-refractivity contribution < 1.29 is 5.11 Å². The Bertz CT molecular complexity index is 561. The zero-order valence-corrected chi connectivity index (χ0v) is 12.1. The molecule has 0 spiro atoms. The van der Waals surface area contributed by atoms with Crippen LogP contribution >= 0.6 is 0 Å². The summed E-state index contributed by atoms with van der Waals surface area (Å²) in [5.74, 6) is 7.36. The summed E-state index contributed by atoms with van der Waals surface area (Å²) >= 11 is 0. The van der Waals surface area contributed by atoms with Gasteiger partial charge in [-0.15, -0.1) is 0 Å². The molecule has 0 aliphatic rings. The van der Waals surface area contributed by atoms with Gasteiger partial charge in [-0.25, -0.2) is 15.8 Å². The number of rotatable bonds is 7. The molecule has 5 N–H and O–H groups in total. The molecule has 1 atom stereocenters. The van der Waals surface area contributed by atoms with Crippen LogP contribution in [-0.4, -0.2) is 27.7 Å². The lowest BCUT2D eigenvalue weighted by molar-refractivity contribution is 0.282. The first kappa shape index (κ1) is 15.2. The monoisotopic (exact) mass is 287 g/mol. The second-order valence-corrected chi connectivity index (χ2v) is 4.88. The number of aromatic nitrogens is 2. The molecule has 0 saturated heterocycles.